The molecule has 32 heavy (non-hydrogen) atoms. The van der Waals surface area contributed by atoms with E-state index in [4.69, 9.17) is 4.99 Å². The molecule has 1 atom stereocenters. The van der Waals surface area contributed by atoms with Gasteiger partial charge in [0, 0.05) is 51.7 Å². The van der Waals surface area contributed by atoms with Crippen molar-refractivity contribution >= 4 is 35.6 Å². The van der Waals surface area contributed by atoms with Gasteiger partial charge < -0.3 is 15.1 Å². The highest BCUT2D eigenvalue weighted by atomic mass is 127. The molecule has 0 saturated carbocycles. The summed E-state index contributed by atoms with van der Waals surface area (Å²) in [5.74, 6) is 2.58. The number of halogens is 1. The molecule has 3 heterocycles. The molecule has 7 heteroatoms. The van der Waals surface area contributed by atoms with Crippen molar-refractivity contribution in [1.82, 2.24) is 20.0 Å². The number of nitrogens with one attached hydrogen (secondary N) is 1. The minimum atomic E-state index is 0. The number of piperidine rings is 1. The summed E-state index contributed by atoms with van der Waals surface area (Å²) in [6, 6.07) is 9.03. The lowest BCUT2D eigenvalue weighted by atomic mass is 9.99. The molecule has 0 bridgehead atoms. The second kappa shape index (κ2) is 11.9. The van der Waals surface area contributed by atoms with Crippen molar-refractivity contribution in [3.8, 4) is 0 Å². The zero-order valence-electron chi connectivity index (χ0n) is 19.8. The molecule has 176 valence electrons. The normalized spacial score (nSPS) is 19.8. The zero-order chi connectivity index (χ0) is 21.6. The quantitative estimate of drug-likeness (QED) is 0.331. The molecule has 0 spiro atoms. The van der Waals surface area contributed by atoms with Crippen LogP contribution in [0.1, 0.15) is 44.2 Å². The third kappa shape index (κ3) is 6.62. The van der Waals surface area contributed by atoms with E-state index in [0.717, 1.165) is 44.5 Å². The third-order valence-corrected chi connectivity index (χ3v) is 6.70. The van der Waals surface area contributed by atoms with E-state index in [1.165, 1.54) is 49.2 Å². The maximum Gasteiger partial charge on any atom is 0.194 e. The van der Waals surface area contributed by atoms with Gasteiger partial charge in [0.25, 0.3) is 0 Å². The van der Waals surface area contributed by atoms with E-state index in [1.54, 1.807) is 0 Å². The fourth-order valence-corrected chi connectivity index (χ4v) is 4.77. The van der Waals surface area contributed by atoms with Gasteiger partial charge in [-0.05, 0) is 67.7 Å². The van der Waals surface area contributed by atoms with E-state index in [9.17, 15) is 0 Å². The summed E-state index contributed by atoms with van der Waals surface area (Å²) in [7, 11) is 1.99. The summed E-state index contributed by atoms with van der Waals surface area (Å²) < 4.78 is 1.89. The molecule has 2 saturated heterocycles. The Morgan fingerprint density at radius 1 is 1.09 bits per heavy atom. The minimum Gasteiger partial charge on any atom is -0.372 e. The Bertz CT molecular complexity index is 854. The monoisotopic (exact) mass is 550 g/mol. The van der Waals surface area contributed by atoms with Gasteiger partial charge >= 0.3 is 0 Å². The van der Waals surface area contributed by atoms with Crippen LogP contribution in [0, 0.1) is 11.8 Å². The molecule has 4 rings (SSSR count). The lowest BCUT2D eigenvalue weighted by molar-refractivity contribution is 0.438. The van der Waals surface area contributed by atoms with E-state index in [2.05, 4.69) is 64.5 Å². The second-order valence-electron chi connectivity index (χ2n) is 9.33. The number of aliphatic imine (C=N–C) groups is 1. The van der Waals surface area contributed by atoms with Crippen LogP contribution in [-0.2, 0) is 20.0 Å². The smallest absolute Gasteiger partial charge is 0.194 e. The van der Waals surface area contributed by atoms with E-state index in [0.29, 0.717) is 5.92 Å². The van der Waals surface area contributed by atoms with Gasteiger partial charge in [-0.2, -0.15) is 5.10 Å². The Hall–Kier alpha value is -1.77. The minimum absolute atomic E-state index is 0. The number of likely N-dealkylation sites (tertiary alicyclic amines) is 1. The lowest BCUT2D eigenvalue weighted by Gasteiger charge is -2.32. The molecule has 1 N–H and O–H groups in total. The zero-order valence-corrected chi connectivity index (χ0v) is 22.2. The molecule has 2 fully saturated rings. The van der Waals surface area contributed by atoms with Crippen molar-refractivity contribution in [2.24, 2.45) is 23.9 Å². The first-order valence-corrected chi connectivity index (χ1v) is 12.0. The molecule has 0 amide bonds. The predicted molar refractivity (Wildman–Crippen MR) is 144 cm³/mol. The molecule has 6 nitrogen and oxygen atoms in total. The number of anilines is 1. The standard InChI is InChI=1S/C25H38N6.HI/c1-4-26-25(31-14-11-22(19-31)15-23-17-28-29(3)18-23)27-16-21-5-7-24(8-6-21)30-12-9-20(2)10-13-30;/h5-8,17-18,20,22H,4,9-16,19H2,1-3H3,(H,26,27);1H. The summed E-state index contributed by atoms with van der Waals surface area (Å²) in [5.41, 5.74) is 3.96. The van der Waals surface area contributed by atoms with Crippen LogP contribution in [0.3, 0.4) is 0 Å². The van der Waals surface area contributed by atoms with Gasteiger partial charge in [-0.1, -0.05) is 19.1 Å². The summed E-state index contributed by atoms with van der Waals surface area (Å²) in [6.45, 7) is 10.6. The SMILES string of the molecule is CCNC(=NCc1ccc(N2CCC(C)CC2)cc1)N1CCC(Cc2cnn(C)c2)C1.I. The molecule has 2 aromatic rings. The van der Waals surface area contributed by atoms with Gasteiger partial charge in [0.2, 0.25) is 0 Å². The first-order chi connectivity index (χ1) is 15.1. The Labute approximate surface area is 210 Å². The van der Waals surface area contributed by atoms with Gasteiger partial charge in [0.1, 0.15) is 0 Å². The van der Waals surface area contributed by atoms with Crippen LogP contribution < -0.4 is 10.2 Å². The molecule has 1 unspecified atom stereocenters. The van der Waals surface area contributed by atoms with E-state index < -0.39 is 0 Å². The molecule has 1 aromatic carbocycles. The molecule has 0 radical (unpaired) electrons. The Morgan fingerprint density at radius 2 is 1.84 bits per heavy atom. The van der Waals surface area contributed by atoms with E-state index >= 15 is 0 Å². The van der Waals surface area contributed by atoms with Crippen LogP contribution in [0.15, 0.2) is 41.7 Å². The summed E-state index contributed by atoms with van der Waals surface area (Å²) in [4.78, 5) is 9.91. The van der Waals surface area contributed by atoms with Crippen LogP contribution in [0.4, 0.5) is 5.69 Å². The molecule has 2 aliphatic heterocycles. The lowest BCUT2D eigenvalue weighted by Crippen LogP contribution is -2.40. The Balaban J connectivity index is 0.00000289. The first kappa shape index (κ1) is 24.9. The highest BCUT2D eigenvalue weighted by Gasteiger charge is 2.25. The van der Waals surface area contributed by atoms with Gasteiger partial charge in [-0.3, -0.25) is 4.68 Å². The third-order valence-electron chi connectivity index (χ3n) is 6.70. The molecule has 1 aromatic heterocycles. The van der Waals surface area contributed by atoms with Crippen molar-refractivity contribution < 1.29 is 0 Å². The fourth-order valence-electron chi connectivity index (χ4n) is 4.77. The van der Waals surface area contributed by atoms with Crippen LogP contribution in [-0.4, -0.2) is 53.4 Å². The van der Waals surface area contributed by atoms with Crippen molar-refractivity contribution in [3.05, 3.63) is 47.8 Å². The van der Waals surface area contributed by atoms with E-state index in [1.807, 2.05) is 17.9 Å². The van der Waals surface area contributed by atoms with Gasteiger partial charge in [0.05, 0.1) is 12.7 Å². The molecular formula is C25H39IN6. The first-order valence-electron chi connectivity index (χ1n) is 12.0. The van der Waals surface area contributed by atoms with E-state index in [-0.39, 0.29) is 24.0 Å². The number of aryl methyl sites for hydroxylation is 1. The predicted octanol–water partition coefficient (Wildman–Crippen LogP) is 4.30. The van der Waals surface area contributed by atoms with Gasteiger partial charge in [-0.25, -0.2) is 4.99 Å². The molecule has 2 aliphatic rings. The molecular weight excluding hydrogens is 511 g/mol. The average Bonchev–Trinajstić information content (AvgIpc) is 3.41. The maximum absolute atomic E-state index is 4.96. The number of nitrogens with zero attached hydrogens (tertiary/aromatic N) is 5. The number of hydrogen-bond donors (Lipinski definition) is 1. The topological polar surface area (TPSA) is 48.7 Å². The van der Waals surface area contributed by atoms with Crippen LogP contribution in [0.5, 0.6) is 0 Å². The summed E-state index contributed by atoms with van der Waals surface area (Å²) in [5, 5.41) is 7.81. The van der Waals surface area contributed by atoms with Gasteiger partial charge in [0.15, 0.2) is 5.96 Å². The van der Waals surface area contributed by atoms with Crippen molar-refractivity contribution in [1.29, 1.82) is 0 Å². The van der Waals surface area contributed by atoms with Crippen LogP contribution >= 0.6 is 24.0 Å². The summed E-state index contributed by atoms with van der Waals surface area (Å²) >= 11 is 0. The number of aromatic nitrogens is 2. The van der Waals surface area contributed by atoms with Crippen molar-refractivity contribution in [2.45, 2.75) is 46.1 Å². The fraction of sp³-hybridized carbons (Fsp3) is 0.600. The number of guanidine groups is 1. The number of rotatable bonds is 6. The largest absolute Gasteiger partial charge is 0.372 e. The molecule has 0 aliphatic carbocycles. The Morgan fingerprint density at radius 3 is 2.50 bits per heavy atom. The highest BCUT2D eigenvalue weighted by Crippen LogP contribution is 2.24. The van der Waals surface area contributed by atoms with Crippen molar-refractivity contribution in [3.63, 3.8) is 0 Å². The second-order valence-corrected chi connectivity index (χ2v) is 9.33. The van der Waals surface area contributed by atoms with Crippen molar-refractivity contribution in [2.75, 3.05) is 37.6 Å². The summed E-state index contributed by atoms with van der Waals surface area (Å²) in [6.07, 6.45) is 9.04. The number of benzene rings is 1. The highest BCUT2D eigenvalue weighted by molar-refractivity contribution is 14.0. The maximum atomic E-state index is 4.96. The Kier molecular flexibility index (Phi) is 9.25. The van der Waals surface area contributed by atoms with Gasteiger partial charge in [-0.15, -0.1) is 24.0 Å². The number of hydrogen-bond acceptors (Lipinski definition) is 3. The average molecular weight is 551 g/mol. The van der Waals surface area contributed by atoms with Crippen LogP contribution in [0.2, 0.25) is 0 Å². The van der Waals surface area contributed by atoms with Crippen LogP contribution in [0.25, 0.3) is 0 Å².